The van der Waals surface area contributed by atoms with Crippen LogP contribution in [0.15, 0.2) is 16.9 Å². The fourth-order valence-electron chi connectivity index (χ4n) is 1.77. The highest BCUT2D eigenvalue weighted by Gasteiger charge is 2.29. The third-order valence-electron chi connectivity index (χ3n) is 2.79. The smallest absolute Gasteiger partial charge is 0.273 e. The van der Waals surface area contributed by atoms with E-state index in [-0.39, 0.29) is 11.4 Å². The predicted molar refractivity (Wildman–Crippen MR) is 54.5 cm³/mol. The average molecular weight is 209 g/mol. The molecule has 1 fully saturated rings. The lowest BCUT2D eigenvalue weighted by atomic mass is 9.90. The molecule has 0 aliphatic carbocycles. The molecule has 0 unspecified atom stereocenters. The van der Waals surface area contributed by atoms with E-state index in [0.717, 1.165) is 25.9 Å². The van der Waals surface area contributed by atoms with Crippen LogP contribution in [0.25, 0.3) is 0 Å². The zero-order valence-electron chi connectivity index (χ0n) is 8.75. The summed E-state index contributed by atoms with van der Waals surface area (Å²) < 4.78 is 4.63. The number of carbonyl (C=O) groups excluding carboxylic acids is 1. The Bertz CT molecular complexity index is 328. The SMILES string of the molecule is CC1(NC(=O)c2ccon2)CCNCC1. The van der Waals surface area contributed by atoms with Gasteiger partial charge in [-0.05, 0) is 32.9 Å². The maximum atomic E-state index is 11.7. The topological polar surface area (TPSA) is 67.2 Å². The molecule has 1 aliphatic rings. The zero-order valence-corrected chi connectivity index (χ0v) is 8.75. The second-order valence-electron chi connectivity index (χ2n) is 4.15. The summed E-state index contributed by atoms with van der Waals surface area (Å²) in [6, 6.07) is 1.57. The molecule has 1 aromatic rings. The number of amides is 1. The lowest BCUT2D eigenvalue weighted by Crippen LogP contribution is -2.52. The van der Waals surface area contributed by atoms with Crippen molar-refractivity contribution in [1.82, 2.24) is 15.8 Å². The molecule has 5 heteroatoms. The Kier molecular flexibility index (Phi) is 2.73. The van der Waals surface area contributed by atoms with Gasteiger partial charge in [-0.3, -0.25) is 4.79 Å². The van der Waals surface area contributed by atoms with Crippen LogP contribution in [-0.4, -0.2) is 29.7 Å². The van der Waals surface area contributed by atoms with Crippen molar-refractivity contribution < 1.29 is 9.32 Å². The fourth-order valence-corrected chi connectivity index (χ4v) is 1.77. The predicted octanol–water partition coefficient (Wildman–Crippen LogP) is 0.546. The summed E-state index contributed by atoms with van der Waals surface area (Å²) in [7, 11) is 0. The molecule has 0 spiro atoms. The summed E-state index contributed by atoms with van der Waals surface area (Å²) in [5.74, 6) is -0.159. The maximum absolute atomic E-state index is 11.7. The van der Waals surface area contributed by atoms with Crippen LogP contribution in [0.2, 0.25) is 0 Å². The van der Waals surface area contributed by atoms with Crippen molar-refractivity contribution >= 4 is 5.91 Å². The van der Waals surface area contributed by atoms with Crippen molar-refractivity contribution in [2.24, 2.45) is 0 Å². The van der Waals surface area contributed by atoms with Gasteiger partial charge < -0.3 is 15.2 Å². The Labute approximate surface area is 88.2 Å². The van der Waals surface area contributed by atoms with Gasteiger partial charge in [-0.2, -0.15) is 0 Å². The molecule has 5 nitrogen and oxygen atoms in total. The van der Waals surface area contributed by atoms with Crippen molar-refractivity contribution in [1.29, 1.82) is 0 Å². The molecular formula is C10H15N3O2. The minimum absolute atomic E-state index is 0.124. The number of hydrogen-bond acceptors (Lipinski definition) is 4. The minimum Gasteiger partial charge on any atom is -0.364 e. The number of rotatable bonds is 2. The van der Waals surface area contributed by atoms with Crippen molar-refractivity contribution in [3.05, 3.63) is 18.0 Å². The summed E-state index contributed by atoms with van der Waals surface area (Å²) in [6.45, 7) is 3.94. The molecule has 0 bridgehead atoms. The summed E-state index contributed by atoms with van der Waals surface area (Å²) in [4.78, 5) is 11.7. The fraction of sp³-hybridized carbons (Fsp3) is 0.600. The van der Waals surface area contributed by atoms with E-state index in [1.807, 2.05) is 0 Å². The normalized spacial score (nSPS) is 19.8. The van der Waals surface area contributed by atoms with E-state index in [0.29, 0.717) is 5.69 Å². The van der Waals surface area contributed by atoms with Gasteiger partial charge in [-0.15, -0.1) is 0 Å². The van der Waals surface area contributed by atoms with Gasteiger partial charge in [-0.25, -0.2) is 0 Å². The molecule has 0 radical (unpaired) electrons. The molecule has 1 aromatic heterocycles. The van der Waals surface area contributed by atoms with E-state index in [9.17, 15) is 4.79 Å². The van der Waals surface area contributed by atoms with Crippen LogP contribution in [0.1, 0.15) is 30.3 Å². The Hall–Kier alpha value is -1.36. The van der Waals surface area contributed by atoms with Crippen molar-refractivity contribution in [3.63, 3.8) is 0 Å². The quantitative estimate of drug-likeness (QED) is 0.746. The van der Waals surface area contributed by atoms with Crippen LogP contribution in [0.4, 0.5) is 0 Å². The van der Waals surface area contributed by atoms with Gasteiger partial charge in [0, 0.05) is 11.6 Å². The summed E-state index contributed by atoms with van der Waals surface area (Å²) >= 11 is 0. The Morgan fingerprint density at radius 2 is 2.33 bits per heavy atom. The van der Waals surface area contributed by atoms with Gasteiger partial charge in [0.2, 0.25) is 0 Å². The van der Waals surface area contributed by atoms with Gasteiger partial charge in [-0.1, -0.05) is 5.16 Å². The van der Waals surface area contributed by atoms with E-state index in [1.165, 1.54) is 6.26 Å². The molecule has 1 aliphatic heterocycles. The summed E-state index contributed by atoms with van der Waals surface area (Å²) in [5.41, 5.74) is 0.219. The Balaban J connectivity index is 1.98. The number of aromatic nitrogens is 1. The summed E-state index contributed by atoms with van der Waals surface area (Å²) in [5, 5.41) is 9.87. The molecule has 1 amide bonds. The highest BCUT2D eigenvalue weighted by molar-refractivity contribution is 5.92. The van der Waals surface area contributed by atoms with Crippen LogP contribution in [0, 0.1) is 0 Å². The number of nitrogens with one attached hydrogen (secondary N) is 2. The lowest BCUT2D eigenvalue weighted by Gasteiger charge is -2.34. The van der Waals surface area contributed by atoms with E-state index in [2.05, 4.69) is 27.2 Å². The average Bonchev–Trinajstić information content (AvgIpc) is 2.70. The number of hydrogen-bond donors (Lipinski definition) is 2. The third-order valence-corrected chi connectivity index (χ3v) is 2.79. The third kappa shape index (κ3) is 2.36. The number of carbonyl (C=O) groups is 1. The molecule has 0 aromatic carbocycles. The van der Waals surface area contributed by atoms with Gasteiger partial charge in [0.15, 0.2) is 5.69 Å². The Morgan fingerprint density at radius 1 is 1.60 bits per heavy atom. The van der Waals surface area contributed by atoms with Crippen molar-refractivity contribution in [3.8, 4) is 0 Å². The Morgan fingerprint density at radius 3 is 2.93 bits per heavy atom. The highest BCUT2D eigenvalue weighted by atomic mass is 16.5. The standard InChI is InChI=1S/C10H15N3O2/c1-10(3-5-11-6-4-10)12-9(14)8-2-7-15-13-8/h2,7,11H,3-6H2,1H3,(H,12,14). The van der Waals surface area contributed by atoms with Gasteiger partial charge in [0.1, 0.15) is 6.26 Å². The van der Waals surface area contributed by atoms with Gasteiger partial charge in [0.05, 0.1) is 0 Å². The number of piperidine rings is 1. The van der Waals surface area contributed by atoms with Crippen LogP contribution in [0.5, 0.6) is 0 Å². The van der Waals surface area contributed by atoms with Crippen molar-refractivity contribution in [2.45, 2.75) is 25.3 Å². The van der Waals surface area contributed by atoms with Gasteiger partial charge >= 0.3 is 0 Å². The largest absolute Gasteiger partial charge is 0.364 e. The van der Waals surface area contributed by atoms with E-state index < -0.39 is 0 Å². The molecule has 82 valence electrons. The molecule has 1 saturated heterocycles. The first kappa shape index (κ1) is 10.2. The van der Waals surface area contributed by atoms with Crippen molar-refractivity contribution in [2.75, 3.05) is 13.1 Å². The van der Waals surface area contributed by atoms with Crippen LogP contribution < -0.4 is 10.6 Å². The first-order valence-electron chi connectivity index (χ1n) is 5.13. The molecule has 15 heavy (non-hydrogen) atoms. The highest BCUT2D eigenvalue weighted by Crippen LogP contribution is 2.17. The minimum atomic E-state index is -0.159. The molecule has 0 saturated carbocycles. The maximum Gasteiger partial charge on any atom is 0.273 e. The van der Waals surface area contributed by atoms with Crippen LogP contribution >= 0.6 is 0 Å². The lowest BCUT2D eigenvalue weighted by molar-refractivity contribution is 0.0878. The molecule has 2 heterocycles. The van der Waals surface area contributed by atoms with Crippen LogP contribution in [0.3, 0.4) is 0 Å². The van der Waals surface area contributed by atoms with Crippen LogP contribution in [-0.2, 0) is 0 Å². The second-order valence-corrected chi connectivity index (χ2v) is 4.15. The van der Waals surface area contributed by atoms with E-state index in [4.69, 9.17) is 0 Å². The number of nitrogens with zero attached hydrogens (tertiary/aromatic N) is 1. The molecular weight excluding hydrogens is 194 g/mol. The first-order chi connectivity index (χ1) is 7.20. The first-order valence-corrected chi connectivity index (χ1v) is 5.13. The second kappa shape index (κ2) is 4.02. The zero-order chi connectivity index (χ0) is 10.7. The van der Waals surface area contributed by atoms with E-state index in [1.54, 1.807) is 6.07 Å². The molecule has 0 atom stereocenters. The monoisotopic (exact) mass is 209 g/mol. The van der Waals surface area contributed by atoms with E-state index >= 15 is 0 Å². The molecule has 2 rings (SSSR count). The molecule has 2 N–H and O–H groups in total. The van der Waals surface area contributed by atoms with Gasteiger partial charge in [0.25, 0.3) is 5.91 Å². The summed E-state index contributed by atoms with van der Waals surface area (Å²) in [6.07, 6.45) is 3.28.